The molecule has 0 fully saturated rings. The lowest BCUT2D eigenvalue weighted by molar-refractivity contribution is -0.123. The molecule has 0 aliphatic rings. The normalized spacial score (nSPS) is 10.7. The van der Waals surface area contributed by atoms with E-state index in [9.17, 15) is 9.59 Å². The first kappa shape index (κ1) is 22.6. The highest BCUT2D eigenvalue weighted by molar-refractivity contribution is 6.35. The fourth-order valence-electron chi connectivity index (χ4n) is 2.37. The van der Waals surface area contributed by atoms with Crippen LogP contribution < -0.4 is 14.9 Å². The molecular weight excluding hydrogens is 463 g/mol. The van der Waals surface area contributed by atoms with Gasteiger partial charge >= 0.3 is 5.97 Å². The van der Waals surface area contributed by atoms with Crippen molar-refractivity contribution in [2.45, 2.75) is 0 Å². The van der Waals surface area contributed by atoms with Crippen LogP contribution in [0.5, 0.6) is 11.5 Å². The topological polar surface area (TPSA) is 77.0 Å². The van der Waals surface area contributed by atoms with Crippen molar-refractivity contribution in [3.8, 4) is 11.5 Å². The van der Waals surface area contributed by atoms with Crippen LogP contribution in [0.1, 0.15) is 15.9 Å². The van der Waals surface area contributed by atoms with Crippen LogP contribution in [0, 0.1) is 0 Å². The summed E-state index contributed by atoms with van der Waals surface area (Å²) in [5, 5.41) is 5.14. The number of carbonyl (C=O) groups excluding carboxylic acids is 2. The van der Waals surface area contributed by atoms with Gasteiger partial charge in [0.15, 0.2) is 6.61 Å². The molecule has 3 rings (SSSR count). The van der Waals surface area contributed by atoms with Crippen LogP contribution in [0.3, 0.4) is 0 Å². The lowest BCUT2D eigenvalue weighted by atomic mass is 10.2. The minimum absolute atomic E-state index is 0.282. The molecule has 158 valence electrons. The van der Waals surface area contributed by atoms with Gasteiger partial charge in [-0.15, -0.1) is 0 Å². The first-order chi connectivity index (χ1) is 14.9. The number of hydrazone groups is 1. The van der Waals surface area contributed by atoms with E-state index < -0.39 is 11.9 Å². The smallest absolute Gasteiger partial charge is 0.343 e. The summed E-state index contributed by atoms with van der Waals surface area (Å²) in [6, 6.07) is 17.7. The third kappa shape index (κ3) is 6.72. The van der Waals surface area contributed by atoms with E-state index in [-0.39, 0.29) is 12.4 Å². The zero-order valence-corrected chi connectivity index (χ0v) is 18.1. The Morgan fingerprint density at radius 3 is 2.35 bits per heavy atom. The molecule has 0 saturated heterocycles. The van der Waals surface area contributed by atoms with Gasteiger partial charge in [-0.25, -0.2) is 10.2 Å². The Bertz CT molecular complexity index is 1120. The molecule has 0 atom stereocenters. The third-order valence-electron chi connectivity index (χ3n) is 3.85. The molecule has 0 radical (unpaired) electrons. The summed E-state index contributed by atoms with van der Waals surface area (Å²) in [5.41, 5.74) is 3.17. The first-order valence-electron chi connectivity index (χ1n) is 8.89. The van der Waals surface area contributed by atoms with Gasteiger partial charge in [0.2, 0.25) is 0 Å². The third-order valence-corrected chi connectivity index (χ3v) is 4.63. The van der Waals surface area contributed by atoms with Gasteiger partial charge in [0.1, 0.15) is 11.5 Å². The van der Waals surface area contributed by atoms with Crippen molar-refractivity contribution in [2.24, 2.45) is 5.10 Å². The van der Waals surface area contributed by atoms with Crippen LogP contribution in [0.25, 0.3) is 0 Å². The second-order valence-electron chi connectivity index (χ2n) is 6.09. The monoisotopic (exact) mass is 476 g/mol. The maximum atomic E-state index is 12.3. The highest BCUT2D eigenvalue weighted by Gasteiger charge is 2.11. The molecule has 0 aromatic heterocycles. The number of nitrogens with zero attached hydrogens (tertiary/aromatic N) is 1. The van der Waals surface area contributed by atoms with Crippen molar-refractivity contribution in [3.63, 3.8) is 0 Å². The van der Waals surface area contributed by atoms with Crippen molar-refractivity contribution >= 4 is 52.9 Å². The molecule has 6 nitrogen and oxygen atoms in total. The second kappa shape index (κ2) is 10.8. The molecule has 0 saturated carbocycles. The predicted molar refractivity (Wildman–Crippen MR) is 121 cm³/mol. The van der Waals surface area contributed by atoms with E-state index in [1.165, 1.54) is 12.3 Å². The minimum Gasteiger partial charge on any atom is -0.482 e. The predicted octanol–water partition coefficient (Wildman–Crippen LogP) is 5.40. The van der Waals surface area contributed by atoms with Crippen LogP contribution in [0.15, 0.2) is 71.8 Å². The minimum atomic E-state index is -0.546. The fourth-order valence-corrected chi connectivity index (χ4v) is 2.96. The quantitative estimate of drug-likeness (QED) is 0.214. The molecule has 0 aliphatic heterocycles. The van der Waals surface area contributed by atoms with Crippen LogP contribution in [0.2, 0.25) is 15.1 Å². The average molecular weight is 478 g/mol. The van der Waals surface area contributed by atoms with Gasteiger partial charge in [0, 0.05) is 15.6 Å². The molecule has 0 unspecified atom stereocenters. The largest absolute Gasteiger partial charge is 0.482 e. The molecule has 3 aromatic rings. The van der Waals surface area contributed by atoms with E-state index >= 15 is 0 Å². The lowest BCUT2D eigenvalue weighted by Crippen LogP contribution is -2.24. The average Bonchev–Trinajstić information content (AvgIpc) is 2.75. The van der Waals surface area contributed by atoms with Crippen LogP contribution >= 0.6 is 34.8 Å². The number of amides is 1. The molecule has 9 heteroatoms. The van der Waals surface area contributed by atoms with Gasteiger partial charge < -0.3 is 9.47 Å². The summed E-state index contributed by atoms with van der Waals surface area (Å²) < 4.78 is 10.8. The van der Waals surface area contributed by atoms with Gasteiger partial charge in [-0.2, -0.15) is 5.10 Å². The summed E-state index contributed by atoms with van der Waals surface area (Å²) in [5.74, 6) is -0.443. The molecule has 1 amide bonds. The first-order valence-corrected chi connectivity index (χ1v) is 10.0. The van der Waals surface area contributed by atoms with Crippen molar-refractivity contribution in [1.82, 2.24) is 5.43 Å². The van der Waals surface area contributed by atoms with Gasteiger partial charge in [-0.1, -0.05) is 46.9 Å². The molecule has 3 aromatic carbocycles. The molecule has 0 aliphatic carbocycles. The number of esters is 1. The number of carbonyl (C=O) groups is 2. The van der Waals surface area contributed by atoms with Crippen molar-refractivity contribution < 1.29 is 19.1 Å². The number of ether oxygens (including phenoxy) is 2. The van der Waals surface area contributed by atoms with E-state index in [1.807, 2.05) is 0 Å². The Morgan fingerprint density at radius 2 is 1.61 bits per heavy atom. The van der Waals surface area contributed by atoms with Gasteiger partial charge in [0.05, 0.1) is 16.8 Å². The highest BCUT2D eigenvalue weighted by atomic mass is 35.5. The van der Waals surface area contributed by atoms with Gasteiger partial charge in [-0.05, 0) is 54.6 Å². The lowest BCUT2D eigenvalue weighted by Gasteiger charge is -2.08. The molecule has 0 bridgehead atoms. The SMILES string of the molecule is O=C(COc1ccc(Cl)cc1Cl)NN=Cc1ccccc1OC(=O)c1ccc(Cl)cc1. The maximum absolute atomic E-state index is 12.3. The Balaban J connectivity index is 1.57. The number of nitrogens with one attached hydrogen (secondary N) is 1. The Hall–Kier alpha value is -3.06. The Kier molecular flexibility index (Phi) is 7.89. The summed E-state index contributed by atoms with van der Waals surface area (Å²) in [6.07, 6.45) is 1.36. The molecule has 1 N–H and O–H groups in total. The zero-order chi connectivity index (χ0) is 22.2. The number of hydrogen-bond donors (Lipinski definition) is 1. The summed E-state index contributed by atoms with van der Waals surface area (Å²) in [6.45, 7) is -0.300. The van der Waals surface area contributed by atoms with Crippen molar-refractivity contribution in [2.75, 3.05) is 6.61 Å². The standard InChI is InChI=1S/C22H15Cl3N2O4/c23-16-7-5-14(6-8-16)22(29)31-19-4-2-1-3-15(19)12-26-27-21(28)13-30-20-10-9-17(24)11-18(20)25/h1-12H,13H2,(H,27,28). The van der Waals surface area contributed by atoms with Gasteiger partial charge in [-0.3, -0.25) is 4.79 Å². The van der Waals surface area contributed by atoms with Crippen LogP contribution in [-0.4, -0.2) is 24.7 Å². The van der Waals surface area contributed by atoms with Gasteiger partial charge in [0.25, 0.3) is 5.91 Å². The summed E-state index contributed by atoms with van der Waals surface area (Å²) in [7, 11) is 0. The van der Waals surface area contributed by atoms with E-state index in [0.29, 0.717) is 31.9 Å². The molecule has 31 heavy (non-hydrogen) atoms. The number of hydrogen-bond acceptors (Lipinski definition) is 5. The van der Waals surface area contributed by atoms with E-state index in [2.05, 4.69) is 10.5 Å². The molecular formula is C22H15Cl3N2O4. The summed E-state index contributed by atoms with van der Waals surface area (Å²) in [4.78, 5) is 24.3. The zero-order valence-electron chi connectivity index (χ0n) is 15.8. The second-order valence-corrected chi connectivity index (χ2v) is 7.37. The number of benzene rings is 3. The highest BCUT2D eigenvalue weighted by Crippen LogP contribution is 2.27. The van der Waals surface area contributed by atoms with Crippen LogP contribution in [-0.2, 0) is 4.79 Å². The Morgan fingerprint density at radius 1 is 0.903 bits per heavy atom. The van der Waals surface area contributed by atoms with Crippen molar-refractivity contribution in [3.05, 3.63) is 92.9 Å². The Labute approximate surface area is 193 Å². The number of para-hydroxylation sites is 1. The number of halogens is 3. The van der Waals surface area contributed by atoms with E-state index in [4.69, 9.17) is 44.3 Å². The number of rotatable bonds is 7. The fraction of sp³-hybridized carbons (Fsp3) is 0.0455. The van der Waals surface area contributed by atoms with Crippen LogP contribution in [0.4, 0.5) is 0 Å². The molecule has 0 spiro atoms. The van der Waals surface area contributed by atoms with E-state index in [1.54, 1.807) is 60.7 Å². The van der Waals surface area contributed by atoms with Crippen molar-refractivity contribution in [1.29, 1.82) is 0 Å². The maximum Gasteiger partial charge on any atom is 0.343 e. The molecule has 0 heterocycles. The van der Waals surface area contributed by atoms with E-state index in [0.717, 1.165) is 0 Å². The summed E-state index contributed by atoms with van der Waals surface area (Å²) >= 11 is 17.6.